The molecule has 1 fully saturated rings. The largest absolute Gasteiger partial charge is 0.364 e. The van der Waals surface area contributed by atoms with Gasteiger partial charge < -0.3 is 16.0 Å². The fraction of sp³-hybridized carbons (Fsp3) is 0.241. The van der Waals surface area contributed by atoms with Crippen LogP contribution in [0.15, 0.2) is 54.7 Å². The predicted octanol–water partition coefficient (Wildman–Crippen LogP) is 5.50. The van der Waals surface area contributed by atoms with Crippen molar-refractivity contribution in [3.05, 3.63) is 81.6 Å². The number of rotatable bonds is 6. The average molecular weight is 548 g/mol. The van der Waals surface area contributed by atoms with Gasteiger partial charge in [-0.3, -0.25) is 14.6 Å². The van der Waals surface area contributed by atoms with Crippen LogP contribution in [0.5, 0.6) is 0 Å². The second-order valence-electron chi connectivity index (χ2n) is 9.64. The quantitative estimate of drug-likeness (QED) is 0.331. The fourth-order valence-electron chi connectivity index (χ4n) is 4.97. The second-order valence-corrected chi connectivity index (χ2v) is 10.5. The average Bonchev–Trinajstić information content (AvgIpc) is 3.40. The first-order valence-electron chi connectivity index (χ1n) is 12.4. The number of primary amides is 1. The number of hydrogen-bond acceptors (Lipinski definition) is 5. The summed E-state index contributed by atoms with van der Waals surface area (Å²) in [5.41, 5.74) is 10.4. The topological polar surface area (TPSA) is 101 Å². The Labute approximate surface area is 231 Å². The molecule has 3 heterocycles. The van der Waals surface area contributed by atoms with Gasteiger partial charge >= 0.3 is 0 Å². The molecular weight excluding hydrogens is 521 g/mol. The second kappa shape index (κ2) is 10.7. The van der Waals surface area contributed by atoms with Crippen LogP contribution in [0.1, 0.15) is 39.3 Å². The first kappa shape index (κ1) is 26.1. The van der Waals surface area contributed by atoms with E-state index in [1.807, 2.05) is 38.2 Å². The van der Waals surface area contributed by atoms with Crippen LogP contribution in [0.4, 0.5) is 0 Å². The van der Waals surface area contributed by atoms with Crippen molar-refractivity contribution in [2.45, 2.75) is 25.8 Å². The summed E-state index contributed by atoms with van der Waals surface area (Å²) in [6.07, 6.45) is 3.81. The lowest BCUT2D eigenvalue weighted by Crippen LogP contribution is -2.38. The molecule has 0 radical (unpaired) electrons. The summed E-state index contributed by atoms with van der Waals surface area (Å²) in [7, 11) is 1.81. The van der Waals surface area contributed by atoms with Crippen molar-refractivity contribution >= 4 is 45.9 Å². The Morgan fingerprint density at radius 3 is 2.53 bits per heavy atom. The SMILES string of the molecule is Cc1ccc(C(N)=O)nc1-c1ccc2ncc(-c3cc(Cl)cc(Cl)c3)c(C(=O)N(C)C[C@@H]3CCCN3)c2c1. The van der Waals surface area contributed by atoms with Gasteiger partial charge in [0, 0.05) is 52.4 Å². The number of halogens is 2. The van der Waals surface area contributed by atoms with E-state index in [4.69, 9.17) is 28.9 Å². The van der Waals surface area contributed by atoms with Gasteiger partial charge in [0.1, 0.15) is 5.69 Å². The van der Waals surface area contributed by atoms with Crippen LogP contribution in [-0.2, 0) is 0 Å². The van der Waals surface area contributed by atoms with Crippen molar-refractivity contribution in [3.63, 3.8) is 0 Å². The number of nitrogens with two attached hydrogens (primary N) is 1. The van der Waals surface area contributed by atoms with Gasteiger partial charge in [0.2, 0.25) is 0 Å². The van der Waals surface area contributed by atoms with Crippen molar-refractivity contribution in [1.82, 2.24) is 20.2 Å². The normalized spacial score (nSPS) is 15.1. The van der Waals surface area contributed by atoms with E-state index < -0.39 is 5.91 Å². The van der Waals surface area contributed by atoms with Gasteiger partial charge in [-0.1, -0.05) is 35.3 Å². The maximum atomic E-state index is 14.1. The highest BCUT2D eigenvalue weighted by atomic mass is 35.5. The predicted molar refractivity (Wildman–Crippen MR) is 152 cm³/mol. The zero-order valence-electron chi connectivity index (χ0n) is 21.1. The van der Waals surface area contributed by atoms with Crippen LogP contribution in [0.3, 0.4) is 0 Å². The molecule has 4 aromatic rings. The molecule has 1 atom stereocenters. The van der Waals surface area contributed by atoms with Crippen molar-refractivity contribution in [1.29, 1.82) is 0 Å². The summed E-state index contributed by atoms with van der Waals surface area (Å²) in [6.45, 7) is 3.45. The van der Waals surface area contributed by atoms with Crippen molar-refractivity contribution < 1.29 is 9.59 Å². The Morgan fingerprint density at radius 1 is 1.08 bits per heavy atom. The van der Waals surface area contributed by atoms with E-state index >= 15 is 0 Å². The molecule has 9 heteroatoms. The first-order chi connectivity index (χ1) is 18.2. The van der Waals surface area contributed by atoms with Crippen molar-refractivity contribution in [3.8, 4) is 22.4 Å². The number of carbonyl (C=O) groups excluding carboxylic acids is 2. The molecule has 0 unspecified atom stereocenters. The minimum atomic E-state index is -0.605. The number of fused-ring (bicyclic) bond motifs is 1. The van der Waals surface area contributed by atoms with Crippen LogP contribution in [0.2, 0.25) is 10.0 Å². The Hall–Kier alpha value is -3.52. The number of amides is 2. The summed E-state index contributed by atoms with van der Waals surface area (Å²) in [5.74, 6) is -0.739. The molecule has 0 saturated carbocycles. The maximum absolute atomic E-state index is 14.1. The summed E-state index contributed by atoms with van der Waals surface area (Å²) < 4.78 is 0. The van der Waals surface area contributed by atoms with Gasteiger partial charge in [0.05, 0.1) is 16.8 Å². The van der Waals surface area contributed by atoms with E-state index in [-0.39, 0.29) is 17.6 Å². The van der Waals surface area contributed by atoms with Crippen LogP contribution >= 0.6 is 23.2 Å². The van der Waals surface area contributed by atoms with E-state index in [0.29, 0.717) is 49.9 Å². The fourth-order valence-corrected chi connectivity index (χ4v) is 5.50. The molecule has 0 spiro atoms. The lowest BCUT2D eigenvalue weighted by Gasteiger charge is -2.24. The highest BCUT2D eigenvalue weighted by molar-refractivity contribution is 6.35. The first-order valence-corrected chi connectivity index (χ1v) is 13.1. The summed E-state index contributed by atoms with van der Waals surface area (Å²) in [5, 5.41) is 5.05. The zero-order valence-corrected chi connectivity index (χ0v) is 22.6. The van der Waals surface area contributed by atoms with Crippen molar-refractivity contribution in [2.75, 3.05) is 20.1 Å². The van der Waals surface area contributed by atoms with Crippen LogP contribution < -0.4 is 11.1 Å². The molecule has 3 N–H and O–H groups in total. The van der Waals surface area contributed by atoms with Crippen molar-refractivity contribution in [2.24, 2.45) is 5.73 Å². The molecule has 0 bridgehead atoms. The molecule has 5 rings (SSSR count). The molecule has 194 valence electrons. The van der Waals surface area contributed by atoms with E-state index in [1.165, 1.54) is 0 Å². The third-order valence-corrected chi connectivity index (χ3v) is 7.32. The monoisotopic (exact) mass is 547 g/mol. The van der Waals surface area contributed by atoms with Crippen LogP contribution in [0, 0.1) is 6.92 Å². The number of benzene rings is 2. The smallest absolute Gasteiger partial charge is 0.267 e. The molecule has 1 saturated heterocycles. The molecule has 7 nitrogen and oxygen atoms in total. The number of pyridine rings is 2. The van der Waals surface area contributed by atoms with E-state index in [0.717, 1.165) is 30.5 Å². The van der Waals surface area contributed by atoms with E-state index in [2.05, 4.69) is 15.3 Å². The van der Waals surface area contributed by atoms with Gasteiger partial charge in [-0.2, -0.15) is 0 Å². The number of nitrogens with one attached hydrogen (secondary N) is 1. The minimum absolute atomic E-state index is 0.134. The van der Waals surface area contributed by atoms with Gasteiger partial charge in [-0.05, 0) is 73.8 Å². The van der Waals surface area contributed by atoms with Gasteiger partial charge in [0.25, 0.3) is 11.8 Å². The Bertz CT molecular complexity index is 1550. The minimum Gasteiger partial charge on any atom is -0.364 e. The number of carbonyl (C=O) groups is 2. The van der Waals surface area contributed by atoms with Gasteiger partial charge in [-0.25, -0.2) is 4.98 Å². The Kier molecular flexibility index (Phi) is 7.34. The number of aromatic nitrogens is 2. The molecule has 2 amide bonds. The zero-order chi connectivity index (χ0) is 27.0. The number of hydrogen-bond donors (Lipinski definition) is 2. The van der Waals surface area contributed by atoms with Gasteiger partial charge in [0.15, 0.2) is 0 Å². The highest BCUT2D eigenvalue weighted by Gasteiger charge is 2.25. The molecule has 1 aliphatic rings. The van der Waals surface area contributed by atoms with Crippen LogP contribution in [-0.4, -0.2) is 52.9 Å². The molecule has 0 aliphatic carbocycles. The summed E-state index contributed by atoms with van der Waals surface area (Å²) in [6, 6.07) is 14.5. The number of nitrogens with zero attached hydrogens (tertiary/aromatic N) is 3. The standard InChI is InChI=1S/C29H27Cl2N5O2/c1-16-5-7-25(28(32)37)35-27(16)17-6-8-24-22(12-17)26(29(38)36(2)15-21-4-3-9-33-21)23(14-34-24)18-10-19(30)13-20(31)11-18/h5-8,10-14,21,33H,3-4,9,15H2,1-2H3,(H2,32,37)/t21-/m0/s1. The lowest BCUT2D eigenvalue weighted by atomic mass is 9.94. The molecule has 38 heavy (non-hydrogen) atoms. The molecule has 2 aromatic heterocycles. The Morgan fingerprint density at radius 2 is 1.84 bits per heavy atom. The maximum Gasteiger partial charge on any atom is 0.267 e. The third kappa shape index (κ3) is 5.23. The Balaban J connectivity index is 1.71. The van der Waals surface area contributed by atoms with E-state index in [1.54, 1.807) is 35.4 Å². The number of likely N-dealkylation sites (N-methyl/N-ethyl adjacent to an activating group) is 1. The van der Waals surface area contributed by atoms with E-state index in [9.17, 15) is 9.59 Å². The number of aryl methyl sites for hydroxylation is 1. The summed E-state index contributed by atoms with van der Waals surface area (Å²) >= 11 is 12.7. The molecular formula is C29H27Cl2N5O2. The van der Waals surface area contributed by atoms with Crippen LogP contribution in [0.25, 0.3) is 33.3 Å². The highest BCUT2D eigenvalue weighted by Crippen LogP contribution is 2.35. The molecule has 2 aromatic carbocycles. The van der Waals surface area contributed by atoms with Gasteiger partial charge in [-0.15, -0.1) is 0 Å². The summed E-state index contributed by atoms with van der Waals surface area (Å²) in [4.78, 5) is 36.8. The lowest BCUT2D eigenvalue weighted by molar-refractivity contribution is 0.0786. The third-order valence-electron chi connectivity index (χ3n) is 6.88. The molecule has 1 aliphatic heterocycles.